The van der Waals surface area contributed by atoms with Crippen molar-refractivity contribution in [2.45, 2.75) is 6.54 Å². The topological polar surface area (TPSA) is 53.4 Å². The second-order valence-electron chi connectivity index (χ2n) is 4.81. The molecule has 0 saturated carbocycles. The van der Waals surface area contributed by atoms with Crippen LogP contribution in [0.15, 0.2) is 42.7 Å². The lowest BCUT2D eigenvalue weighted by atomic mass is 10.1. The van der Waals surface area contributed by atoms with Crippen LogP contribution >= 0.6 is 0 Å². The number of fused-ring (bicyclic) bond motifs is 1. The summed E-state index contributed by atoms with van der Waals surface area (Å²) in [6.07, 6.45) is 4.53. The van der Waals surface area contributed by atoms with Crippen molar-refractivity contribution in [2.75, 3.05) is 14.2 Å². The van der Waals surface area contributed by atoms with E-state index in [4.69, 9.17) is 9.47 Å². The number of rotatable bonds is 5. The minimum atomic E-state index is 0.279. The van der Waals surface area contributed by atoms with Gasteiger partial charge in [0, 0.05) is 23.3 Å². The van der Waals surface area contributed by atoms with Crippen LogP contribution in [0.25, 0.3) is 22.2 Å². The summed E-state index contributed by atoms with van der Waals surface area (Å²) in [5, 5.41) is 0.997. The number of carbonyl (C=O) groups excluding carboxylic acids is 1. The summed E-state index contributed by atoms with van der Waals surface area (Å²) in [5.74, 6) is 1.35. The monoisotopic (exact) mass is 296 g/mol. The van der Waals surface area contributed by atoms with Crippen molar-refractivity contribution < 1.29 is 14.3 Å². The first kappa shape index (κ1) is 14.1. The molecule has 22 heavy (non-hydrogen) atoms. The van der Waals surface area contributed by atoms with Crippen LogP contribution in [0.2, 0.25) is 0 Å². The molecule has 2 aromatic heterocycles. The molecule has 0 saturated heterocycles. The van der Waals surface area contributed by atoms with Crippen LogP contribution in [0.4, 0.5) is 0 Å². The quantitative estimate of drug-likeness (QED) is 0.679. The second-order valence-corrected chi connectivity index (χ2v) is 4.81. The molecule has 3 aromatic rings. The third kappa shape index (κ3) is 2.30. The molecule has 0 radical (unpaired) electrons. The standard InChI is InChI=1S/C17H16N2O3/c1-21-15-6-5-12(10-16(15)22-2)14-11-19(8-9-20)17-13(14)4-3-7-18-17/h3-7,9-11H,8H2,1-2H3. The van der Waals surface area contributed by atoms with Gasteiger partial charge in [-0.05, 0) is 29.8 Å². The molecule has 0 bridgehead atoms. The predicted octanol–water partition coefficient (Wildman–Crippen LogP) is 2.92. The zero-order valence-electron chi connectivity index (χ0n) is 12.4. The van der Waals surface area contributed by atoms with Crippen LogP contribution in [-0.4, -0.2) is 30.1 Å². The number of aldehydes is 1. The van der Waals surface area contributed by atoms with Gasteiger partial charge >= 0.3 is 0 Å². The van der Waals surface area contributed by atoms with E-state index in [1.807, 2.05) is 41.1 Å². The molecule has 0 aliphatic rings. The maximum atomic E-state index is 10.9. The van der Waals surface area contributed by atoms with Gasteiger partial charge in [0.1, 0.15) is 11.9 Å². The normalized spacial score (nSPS) is 10.6. The van der Waals surface area contributed by atoms with Crippen LogP contribution in [0, 0.1) is 0 Å². The zero-order chi connectivity index (χ0) is 15.5. The third-order valence-corrected chi connectivity index (χ3v) is 3.60. The molecular formula is C17H16N2O3. The van der Waals surface area contributed by atoms with Gasteiger partial charge in [0.25, 0.3) is 0 Å². The second kappa shape index (κ2) is 5.89. The lowest BCUT2D eigenvalue weighted by molar-refractivity contribution is -0.108. The number of ether oxygens (including phenoxy) is 2. The average molecular weight is 296 g/mol. The van der Waals surface area contributed by atoms with Gasteiger partial charge in [-0.3, -0.25) is 0 Å². The fourth-order valence-electron chi connectivity index (χ4n) is 2.58. The van der Waals surface area contributed by atoms with Crippen LogP contribution < -0.4 is 9.47 Å². The highest BCUT2D eigenvalue weighted by Crippen LogP contribution is 2.35. The van der Waals surface area contributed by atoms with Gasteiger partial charge in [0.05, 0.1) is 20.8 Å². The summed E-state index contributed by atoms with van der Waals surface area (Å²) in [7, 11) is 3.22. The highest BCUT2D eigenvalue weighted by Gasteiger charge is 2.13. The van der Waals surface area contributed by atoms with Gasteiger partial charge in [0.15, 0.2) is 11.5 Å². The molecule has 5 heteroatoms. The molecule has 0 fully saturated rings. The van der Waals surface area contributed by atoms with Crippen LogP contribution in [0.1, 0.15) is 0 Å². The molecule has 112 valence electrons. The Labute approximate surface area is 128 Å². The molecule has 0 unspecified atom stereocenters. The first-order chi connectivity index (χ1) is 10.8. The van der Waals surface area contributed by atoms with Crippen molar-refractivity contribution in [3.8, 4) is 22.6 Å². The van der Waals surface area contributed by atoms with Gasteiger partial charge in [-0.1, -0.05) is 6.07 Å². The molecule has 2 heterocycles. The van der Waals surface area contributed by atoms with E-state index in [1.54, 1.807) is 20.4 Å². The third-order valence-electron chi connectivity index (χ3n) is 3.60. The van der Waals surface area contributed by atoms with Crippen molar-refractivity contribution in [3.63, 3.8) is 0 Å². The SMILES string of the molecule is COc1ccc(-c2cn(CC=O)c3ncccc23)cc1OC. The summed E-state index contributed by atoms with van der Waals surface area (Å²) < 4.78 is 12.5. The number of carbonyl (C=O) groups is 1. The van der Waals surface area contributed by atoms with Crippen LogP contribution in [-0.2, 0) is 11.3 Å². The largest absolute Gasteiger partial charge is 0.493 e. The van der Waals surface area contributed by atoms with Crippen molar-refractivity contribution in [3.05, 3.63) is 42.7 Å². The van der Waals surface area contributed by atoms with E-state index in [9.17, 15) is 4.79 Å². The molecule has 0 amide bonds. The highest BCUT2D eigenvalue weighted by molar-refractivity contribution is 5.94. The van der Waals surface area contributed by atoms with E-state index in [0.717, 1.165) is 28.4 Å². The number of aromatic nitrogens is 2. The molecule has 1 aromatic carbocycles. The van der Waals surface area contributed by atoms with E-state index >= 15 is 0 Å². The van der Waals surface area contributed by atoms with Crippen molar-refractivity contribution in [1.29, 1.82) is 0 Å². The van der Waals surface area contributed by atoms with Crippen molar-refractivity contribution in [1.82, 2.24) is 9.55 Å². The Morgan fingerprint density at radius 2 is 2.00 bits per heavy atom. The van der Waals surface area contributed by atoms with E-state index in [2.05, 4.69) is 4.98 Å². The lowest BCUT2D eigenvalue weighted by Gasteiger charge is -2.09. The summed E-state index contributed by atoms with van der Waals surface area (Å²) in [6.45, 7) is 0.279. The van der Waals surface area contributed by atoms with E-state index in [1.165, 1.54) is 0 Å². The minimum absolute atomic E-state index is 0.279. The Morgan fingerprint density at radius 1 is 1.18 bits per heavy atom. The Bertz CT molecular complexity index is 824. The molecule has 5 nitrogen and oxygen atoms in total. The summed E-state index contributed by atoms with van der Waals surface area (Å²) in [6, 6.07) is 9.64. The number of benzene rings is 1. The fraction of sp³-hybridized carbons (Fsp3) is 0.176. The summed E-state index contributed by atoms with van der Waals surface area (Å²) in [4.78, 5) is 15.2. The average Bonchev–Trinajstić information content (AvgIpc) is 2.93. The number of nitrogens with zero attached hydrogens (tertiary/aromatic N) is 2. The first-order valence-electron chi connectivity index (χ1n) is 6.88. The number of methoxy groups -OCH3 is 2. The number of hydrogen-bond acceptors (Lipinski definition) is 4. The Balaban J connectivity index is 2.19. The highest BCUT2D eigenvalue weighted by atomic mass is 16.5. The minimum Gasteiger partial charge on any atom is -0.493 e. The molecular weight excluding hydrogens is 280 g/mol. The van der Waals surface area contributed by atoms with E-state index < -0.39 is 0 Å². The molecule has 0 atom stereocenters. The predicted molar refractivity (Wildman–Crippen MR) is 84.3 cm³/mol. The maximum Gasteiger partial charge on any atom is 0.161 e. The summed E-state index contributed by atoms with van der Waals surface area (Å²) >= 11 is 0. The molecule has 0 aliphatic heterocycles. The Kier molecular flexibility index (Phi) is 3.78. The molecule has 0 spiro atoms. The van der Waals surface area contributed by atoms with Gasteiger partial charge in [-0.25, -0.2) is 4.98 Å². The van der Waals surface area contributed by atoms with Gasteiger partial charge in [0.2, 0.25) is 0 Å². The lowest BCUT2D eigenvalue weighted by Crippen LogP contribution is -1.97. The van der Waals surface area contributed by atoms with E-state index in [0.29, 0.717) is 11.5 Å². The molecule has 3 rings (SSSR count). The number of pyridine rings is 1. The van der Waals surface area contributed by atoms with Crippen LogP contribution in [0.5, 0.6) is 11.5 Å². The molecule has 0 N–H and O–H groups in total. The first-order valence-corrected chi connectivity index (χ1v) is 6.88. The van der Waals surface area contributed by atoms with Crippen molar-refractivity contribution >= 4 is 17.3 Å². The Morgan fingerprint density at radius 3 is 2.73 bits per heavy atom. The zero-order valence-corrected chi connectivity index (χ0v) is 12.4. The smallest absolute Gasteiger partial charge is 0.161 e. The maximum absolute atomic E-state index is 10.9. The van der Waals surface area contributed by atoms with Gasteiger partial charge < -0.3 is 18.8 Å². The Hall–Kier alpha value is -2.82. The molecule has 0 aliphatic carbocycles. The van der Waals surface area contributed by atoms with Gasteiger partial charge in [-0.15, -0.1) is 0 Å². The number of hydrogen-bond donors (Lipinski definition) is 0. The summed E-state index contributed by atoms with van der Waals surface area (Å²) in [5.41, 5.74) is 2.78. The van der Waals surface area contributed by atoms with E-state index in [-0.39, 0.29) is 6.54 Å². The van der Waals surface area contributed by atoms with Crippen LogP contribution in [0.3, 0.4) is 0 Å². The van der Waals surface area contributed by atoms with Crippen molar-refractivity contribution in [2.24, 2.45) is 0 Å². The fourth-order valence-corrected chi connectivity index (χ4v) is 2.58. The van der Waals surface area contributed by atoms with Gasteiger partial charge in [-0.2, -0.15) is 0 Å².